The highest BCUT2D eigenvalue weighted by Crippen LogP contribution is 2.26. The summed E-state index contributed by atoms with van der Waals surface area (Å²) in [5.41, 5.74) is 4.25. The maximum atomic E-state index is 12.4. The Hall–Kier alpha value is -4.46. The Bertz CT molecular complexity index is 1300. The molecular weight excluding hydrogens is 432 g/mol. The molecule has 2 amide bonds. The van der Waals surface area contributed by atoms with Crippen LogP contribution in [0, 0.1) is 0 Å². The first-order valence-corrected chi connectivity index (χ1v) is 10.7. The number of nitrogens with zero attached hydrogens (tertiary/aromatic N) is 2. The van der Waals surface area contributed by atoms with Gasteiger partial charge in [-0.05, 0) is 66.1 Å². The summed E-state index contributed by atoms with van der Waals surface area (Å²) in [6.45, 7) is 4.24. The highest BCUT2D eigenvalue weighted by atomic mass is 16.5. The van der Waals surface area contributed by atoms with E-state index in [0.717, 1.165) is 0 Å². The lowest BCUT2D eigenvalue weighted by molar-refractivity contribution is 0.0600. The molecule has 4 rings (SSSR count). The Labute approximate surface area is 197 Å². The summed E-state index contributed by atoms with van der Waals surface area (Å²) in [6.07, 6.45) is 0. The molecule has 0 aliphatic heterocycles. The van der Waals surface area contributed by atoms with Gasteiger partial charge in [0.1, 0.15) is 0 Å². The van der Waals surface area contributed by atoms with Gasteiger partial charge in [0.2, 0.25) is 11.8 Å². The molecule has 0 aliphatic carbocycles. The Morgan fingerprint density at radius 3 is 2.12 bits per heavy atom. The summed E-state index contributed by atoms with van der Waals surface area (Å²) in [5.74, 6) is 0.626. The first kappa shape index (κ1) is 22.7. The molecule has 0 radical (unpaired) electrons. The van der Waals surface area contributed by atoms with Crippen LogP contribution in [0.1, 0.15) is 35.7 Å². The fourth-order valence-corrected chi connectivity index (χ4v) is 3.30. The van der Waals surface area contributed by atoms with Gasteiger partial charge < -0.3 is 19.8 Å². The average Bonchev–Trinajstić information content (AvgIpc) is 3.34. The molecule has 3 aromatic carbocycles. The van der Waals surface area contributed by atoms with Crippen molar-refractivity contribution >= 4 is 23.4 Å². The van der Waals surface area contributed by atoms with E-state index in [1.807, 2.05) is 30.3 Å². The van der Waals surface area contributed by atoms with Crippen LogP contribution in [0.3, 0.4) is 0 Å². The fraction of sp³-hybridized carbons (Fsp3) is 0.154. The smallest absolute Gasteiger partial charge is 0.337 e. The number of benzene rings is 3. The third kappa shape index (κ3) is 5.29. The number of rotatable bonds is 6. The molecule has 2 N–H and O–H groups in total. The van der Waals surface area contributed by atoms with Gasteiger partial charge >= 0.3 is 12.0 Å². The van der Waals surface area contributed by atoms with Gasteiger partial charge in [-0.1, -0.05) is 32.0 Å². The van der Waals surface area contributed by atoms with E-state index in [1.165, 1.54) is 12.7 Å². The van der Waals surface area contributed by atoms with Crippen molar-refractivity contribution in [2.24, 2.45) is 0 Å². The van der Waals surface area contributed by atoms with Crippen LogP contribution in [0.25, 0.3) is 22.9 Å². The molecule has 8 nitrogen and oxygen atoms in total. The number of urea groups is 1. The van der Waals surface area contributed by atoms with Gasteiger partial charge in [0.25, 0.3) is 0 Å². The van der Waals surface area contributed by atoms with Crippen LogP contribution in [0.15, 0.2) is 77.2 Å². The van der Waals surface area contributed by atoms with Crippen LogP contribution in [-0.4, -0.2) is 29.3 Å². The largest absolute Gasteiger partial charge is 0.465 e. The van der Waals surface area contributed by atoms with Crippen LogP contribution >= 0.6 is 0 Å². The number of hydrogen-bond acceptors (Lipinski definition) is 6. The molecule has 0 unspecified atom stereocenters. The Morgan fingerprint density at radius 2 is 1.47 bits per heavy atom. The van der Waals surface area contributed by atoms with Crippen molar-refractivity contribution in [2.45, 2.75) is 19.8 Å². The van der Waals surface area contributed by atoms with Crippen LogP contribution in [0.2, 0.25) is 0 Å². The molecule has 0 aliphatic rings. The van der Waals surface area contributed by atoms with Crippen LogP contribution in [0.4, 0.5) is 16.2 Å². The van der Waals surface area contributed by atoms with Crippen molar-refractivity contribution in [2.75, 3.05) is 17.7 Å². The van der Waals surface area contributed by atoms with Gasteiger partial charge in [-0.3, -0.25) is 0 Å². The zero-order chi connectivity index (χ0) is 24.1. The molecule has 0 saturated heterocycles. The second-order valence-electron chi connectivity index (χ2n) is 7.92. The molecule has 34 heavy (non-hydrogen) atoms. The number of nitrogens with one attached hydrogen (secondary N) is 2. The van der Waals surface area contributed by atoms with E-state index in [9.17, 15) is 9.59 Å². The molecule has 8 heteroatoms. The molecule has 0 atom stereocenters. The first-order chi connectivity index (χ1) is 16.4. The average molecular weight is 457 g/mol. The predicted molar refractivity (Wildman–Crippen MR) is 130 cm³/mol. The SMILES string of the molecule is COC(=O)c1ccc(-c2nnc(-c3cccc(NC(=O)Nc4ccc(C(C)C)cc4)c3)o2)cc1. The number of esters is 1. The molecule has 0 saturated carbocycles. The molecule has 0 bridgehead atoms. The second kappa shape index (κ2) is 9.99. The summed E-state index contributed by atoms with van der Waals surface area (Å²) in [5, 5.41) is 13.8. The maximum Gasteiger partial charge on any atom is 0.337 e. The van der Waals surface area contributed by atoms with E-state index in [4.69, 9.17) is 9.15 Å². The summed E-state index contributed by atoms with van der Waals surface area (Å²) in [7, 11) is 1.33. The number of ether oxygens (including phenoxy) is 1. The van der Waals surface area contributed by atoms with E-state index in [-0.39, 0.29) is 6.03 Å². The Balaban J connectivity index is 1.44. The lowest BCUT2D eigenvalue weighted by atomic mass is 10.0. The quantitative estimate of drug-likeness (QED) is 0.347. The molecule has 0 fully saturated rings. The van der Waals surface area contributed by atoms with Gasteiger partial charge in [-0.25, -0.2) is 9.59 Å². The van der Waals surface area contributed by atoms with Crippen molar-refractivity contribution in [3.63, 3.8) is 0 Å². The lowest BCUT2D eigenvalue weighted by Gasteiger charge is -2.10. The zero-order valence-electron chi connectivity index (χ0n) is 19.0. The number of carbonyl (C=O) groups excluding carboxylic acids is 2. The van der Waals surface area contributed by atoms with Gasteiger partial charge in [-0.2, -0.15) is 0 Å². The molecule has 4 aromatic rings. The van der Waals surface area contributed by atoms with Crippen molar-refractivity contribution in [3.8, 4) is 22.9 Å². The molecule has 1 aromatic heterocycles. The lowest BCUT2D eigenvalue weighted by Crippen LogP contribution is -2.19. The fourth-order valence-electron chi connectivity index (χ4n) is 3.30. The summed E-state index contributed by atoms with van der Waals surface area (Å²) in [4.78, 5) is 24.0. The Morgan fingerprint density at radius 1 is 0.824 bits per heavy atom. The molecular formula is C26H24N4O4. The van der Waals surface area contributed by atoms with Gasteiger partial charge in [0, 0.05) is 22.5 Å². The van der Waals surface area contributed by atoms with E-state index in [2.05, 4.69) is 34.7 Å². The minimum absolute atomic E-state index is 0.306. The van der Waals surface area contributed by atoms with E-state index in [1.54, 1.807) is 42.5 Å². The summed E-state index contributed by atoms with van der Waals surface area (Å²) >= 11 is 0. The first-order valence-electron chi connectivity index (χ1n) is 10.7. The van der Waals surface area contributed by atoms with Crippen LogP contribution < -0.4 is 10.6 Å². The monoisotopic (exact) mass is 456 g/mol. The number of methoxy groups -OCH3 is 1. The van der Waals surface area contributed by atoms with Crippen molar-refractivity contribution in [1.29, 1.82) is 0 Å². The van der Waals surface area contributed by atoms with Gasteiger partial charge in [0.05, 0.1) is 12.7 Å². The maximum absolute atomic E-state index is 12.4. The number of aromatic nitrogens is 2. The highest BCUT2D eigenvalue weighted by Gasteiger charge is 2.13. The highest BCUT2D eigenvalue weighted by molar-refractivity contribution is 6.00. The topological polar surface area (TPSA) is 106 Å². The van der Waals surface area contributed by atoms with E-state index in [0.29, 0.717) is 45.8 Å². The summed E-state index contributed by atoms with van der Waals surface area (Å²) < 4.78 is 10.5. The number of hydrogen-bond donors (Lipinski definition) is 2. The molecule has 1 heterocycles. The second-order valence-corrected chi connectivity index (χ2v) is 7.92. The minimum atomic E-state index is -0.418. The normalized spacial score (nSPS) is 10.7. The third-order valence-electron chi connectivity index (χ3n) is 5.18. The number of amides is 2. The van der Waals surface area contributed by atoms with E-state index >= 15 is 0 Å². The minimum Gasteiger partial charge on any atom is -0.465 e. The van der Waals surface area contributed by atoms with Gasteiger partial charge in [0.15, 0.2) is 0 Å². The van der Waals surface area contributed by atoms with Crippen LogP contribution in [-0.2, 0) is 4.74 Å². The van der Waals surface area contributed by atoms with Gasteiger partial charge in [-0.15, -0.1) is 10.2 Å². The third-order valence-corrected chi connectivity index (χ3v) is 5.18. The summed E-state index contributed by atoms with van der Waals surface area (Å²) in [6, 6.07) is 21.2. The Kier molecular flexibility index (Phi) is 6.68. The van der Waals surface area contributed by atoms with Crippen LogP contribution in [0.5, 0.6) is 0 Å². The van der Waals surface area contributed by atoms with Crippen molar-refractivity contribution < 1.29 is 18.7 Å². The number of anilines is 2. The zero-order valence-corrected chi connectivity index (χ0v) is 19.0. The standard InChI is InChI=1S/C26H24N4O4/c1-16(2)17-11-13-21(14-12-17)27-26(32)28-22-6-4-5-20(15-22)24-30-29-23(34-24)18-7-9-19(10-8-18)25(31)33-3/h4-16H,1-3H3,(H2,27,28,32). The molecule has 0 spiro atoms. The van der Waals surface area contributed by atoms with Crippen molar-refractivity contribution in [1.82, 2.24) is 10.2 Å². The molecule has 172 valence electrons. The van der Waals surface area contributed by atoms with Crippen molar-refractivity contribution in [3.05, 3.63) is 83.9 Å². The predicted octanol–water partition coefficient (Wildman–Crippen LogP) is 5.96. The number of carbonyl (C=O) groups is 2. The van der Waals surface area contributed by atoms with E-state index < -0.39 is 5.97 Å².